The topological polar surface area (TPSA) is 29.9 Å². The number of hydrogen-bond acceptors (Lipinski definition) is 2. The molecule has 0 aliphatic heterocycles. The summed E-state index contributed by atoms with van der Waals surface area (Å²) in [5, 5.41) is 3.37. The van der Waals surface area contributed by atoms with Crippen molar-refractivity contribution in [3.63, 3.8) is 0 Å². The summed E-state index contributed by atoms with van der Waals surface area (Å²) in [5.74, 6) is 6.96. The molecule has 1 N–H and O–H groups in total. The molecule has 0 bridgehead atoms. The van der Waals surface area contributed by atoms with E-state index >= 15 is 0 Å². The summed E-state index contributed by atoms with van der Waals surface area (Å²) in [5.41, 5.74) is 0. The quantitative estimate of drug-likeness (QED) is 0.577. The molecule has 1 aromatic heterocycles. The minimum Gasteiger partial charge on any atom is -0.337 e. The number of nitrogens with zero attached hydrogens (tertiary/aromatic N) is 2. The second kappa shape index (κ2) is 5.46. The van der Waals surface area contributed by atoms with Crippen LogP contribution in [0.4, 0.5) is 0 Å². The van der Waals surface area contributed by atoms with E-state index in [9.17, 15) is 0 Å². The molecule has 0 saturated carbocycles. The molecule has 1 aromatic rings. The monoisotopic (exact) mass is 191 g/mol. The molecule has 0 radical (unpaired) electrons. The van der Waals surface area contributed by atoms with Gasteiger partial charge in [-0.05, 0) is 13.8 Å². The number of imidazole rings is 1. The lowest BCUT2D eigenvalue weighted by molar-refractivity contribution is 0.538. The predicted molar refractivity (Wildman–Crippen MR) is 57.7 cm³/mol. The molecule has 14 heavy (non-hydrogen) atoms. The van der Waals surface area contributed by atoms with Gasteiger partial charge in [0.15, 0.2) is 0 Å². The molecule has 0 aromatic carbocycles. The van der Waals surface area contributed by atoms with Gasteiger partial charge in [-0.25, -0.2) is 4.98 Å². The Labute approximate surface area is 85.5 Å². The zero-order valence-corrected chi connectivity index (χ0v) is 9.04. The summed E-state index contributed by atoms with van der Waals surface area (Å²) in [4.78, 5) is 4.28. The lowest BCUT2D eigenvalue weighted by Crippen LogP contribution is -2.22. The predicted octanol–water partition coefficient (Wildman–Crippen LogP) is 1.48. The summed E-state index contributed by atoms with van der Waals surface area (Å²) in [7, 11) is 2.01. The maximum atomic E-state index is 4.28. The Morgan fingerprint density at radius 2 is 2.43 bits per heavy atom. The van der Waals surface area contributed by atoms with Crippen LogP contribution in [0.15, 0.2) is 12.4 Å². The molecule has 0 spiro atoms. The first-order valence-corrected chi connectivity index (χ1v) is 4.86. The van der Waals surface area contributed by atoms with E-state index < -0.39 is 0 Å². The van der Waals surface area contributed by atoms with Crippen molar-refractivity contribution in [2.45, 2.75) is 26.3 Å². The van der Waals surface area contributed by atoms with Crippen LogP contribution in [0.2, 0.25) is 0 Å². The number of aromatic nitrogens is 2. The van der Waals surface area contributed by atoms with Crippen LogP contribution in [-0.2, 0) is 7.05 Å². The molecule has 1 rings (SSSR count). The smallest absolute Gasteiger partial charge is 0.125 e. The summed E-state index contributed by atoms with van der Waals surface area (Å²) < 4.78 is 2.03. The SMILES string of the molecule is CC#CCCNC(C)c1nccn1C. The van der Waals surface area contributed by atoms with Gasteiger partial charge in [0.25, 0.3) is 0 Å². The minimum atomic E-state index is 0.286. The highest BCUT2D eigenvalue weighted by molar-refractivity contribution is 4.98. The van der Waals surface area contributed by atoms with Gasteiger partial charge in [0.1, 0.15) is 5.82 Å². The van der Waals surface area contributed by atoms with Crippen LogP contribution in [0.25, 0.3) is 0 Å². The van der Waals surface area contributed by atoms with Gasteiger partial charge >= 0.3 is 0 Å². The molecule has 0 aliphatic carbocycles. The highest BCUT2D eigenvalue weighted by atomic mass is 15.1. The van der Waals surface area contributed by atoms with Crippen molar-refractivity contribution < 1.29 is 0 Å². The first-order chi connectivity index (χ1) is 6.75. The largest absolute Gasteiger partial charge is 0.337 e. The van der Waals surface area contributed by atoms with E-state index in [-0.39, 0.29) is 6.04 Å². The molecule has 76 valence electrons. The van der Waals surface area contributed by atoms with Gasteiger partial charge < -0.3 is 9.88 Å². The van der Waals surface area contributed by atoms with Crippen LogP contribution >= 0.6 is 0 Å². The molecule has 1 unspecified atom stereocenters. The van der Waals surface area contributed by atoms with E-state index in [2.05, 4.69) is 29.1 Å². The van der Waals surface area contributed by atoms with Gasteiger partial charge in [0, 0.05) is 32.4 Å². The Hall–Kier alpha value is -1.27. The Bertz CT molecular complexity index is 330. The standard InChI is InChI=1S/C11H17N3/c1-4-5-6-7-12-10(2)11-13-8-9-14(11)3/h8-10,12H,6-7H2,1-3H3. The van der Waals surface area contributed by atoms with Gasteiger partial charge in [-0.1, -0.05) is 0 Å². The lowest BCUT2D eigenvalue weighted by atomic mass is 10.3. The first kappa shape index (κ1) is 10.8. The third kappa shape index (κ3) is 2.90. The minimum absolute atomic E-state index is 0.286. The Kier molecular flexibility index (Phi) is 4.21. The van der Waals surface area contributed by atoms with Crippen LogP contribution in [0.1, 0.15) is 32.1 Å². The Morgan fingerprint density at radius 3 is 3.00 bits per heavy atom. The Morgan fingerprint density at radius 1 is 1.64 bits per heavy atom. The molecular weight excluding hydrogens is 174 g/mol. The molecule has 0 saturated heterocycles. The van der Waals surface area contributed by atoms with E-state index in [1.807, 2.05) is 30.9 Å². The maximum absolute atomic E-state index is 4.28. The van der Waals surface area contributed by atoms with Gasteiger partial charge in [0.2, 0.25) is 0 Å². The van der Waals surface area contributed by atoms with Crippen molar-refractivity contribution in [2.75, 3.05) is 6.54 Å². The first-order valence-electron chi connectivity index (χ1n) is 4.86. The highest BCUT2D eigenvalue weighted by Gasteiger charge is 2.07. The number of nitrogens with one attached hydrogen (secondary N) is 1. The normalized spacial score (nSPS) is 11.9. The van der Waals surface area contributed by atoms with Crippen LogP contribution in [-0.4, -0.2) is 16.1 Å². The van der Waals surface area contributed by atoms with Crippen LogP contribution in [0.3, 0.4) is 0 Å². The van der Waals surface area contributed by atoms with Crippen LogP contribution in [0.5, 0.6) is 0 Å². The van der Waals surface area contributed by atoms with E-state index in [0.717, 1.165) is 18.8 Å². The third-order valence-corrected chi connectivity index (χ3v) is 2.12. The van der Waals surface area contributed by atoms with Crippen molar-refractivity contribution >= 4 is 0 Å². The molecule has 0 fully saturated rings. The summed E-state index contributed by atoms with van der Waals surface area (Å²) in [6.07, 6.45) is 4.67. The van der Waals surface area contributed by atoms with Crippen LogP contribution in [0, 0.1) is 11.8 Å². The zero-order chi connectivity index (χ0) is 10.4. The molecule has 1 heterocycles. The van der Waals surface area contributed by atoms with E-state index in [0.29, 0.717) is 0 Å². The molecule has 0 aliphatic rings. The molecule has 3 nitrogen and oxygen atoms in total. The number of hydrogen-bond donors (Lipinski definition) is 1. The fourth-order valence-electron chi connectivity index (χ4n) is 1.36. The lowest BCUT2D eigenvalue weighted by Gasteiger charge is -2.12. The average Bonchev–Trinajstić information content (AvgIpc) is 2.59. The fraction of sp³-hybridized carbons (Fsp3) is 0.545. The summed E-state index contributed by atoms with van der Waals surface area (Å²) in [6.45, 7) is 4.89. The van der Waals surface area contributed by atoms with E-state index in [1.54, 1.807) is 0 Å². The van der Waals surface area contributed by atoms with Crippen LogP contribution < -0.4 is 5.32 Å². The van der Waals surface area contributed by atoms with Crippen molar-refractivity contribution in [1.82, 2.24) is 14.9 Å². The van der Waals surface area contributed by atoms with Gasteiger partial charge in [-0.3, -0.25) is 0 Å². The number of aryl methyl sites for hydroxylation is 1. The van der Waals surface area contributed by atoms with Crippen molar-refractivity contribution in [1.29, 1.82) is 0 Å². The molecular formula is C11H17N3. The average molecular weight is 191 g/mol. The maximum Gasteiger partial charge on any atom is 0.125 e. The Balaban J connectivity index is 2.38. The highest BCUT2D eigenvalue weighted by Crippen LogP contribution is 2.07. The van der Waals surface area contributed by atoms with Gasteiger partial charge in [-0.15, -0.1) is 11.8 Å². The summed E-state index contributed by atoms with van der Waals surface area (Å²) in [6, 6.07) is 0.286. The fourth-order valence-corrected chi connectivity index (χ4v) is 1.36. The summed E-state index contributed by atoms with van der Waals surface area (Å²) >= 11 is 0. The van der Waals surface area contributed by atoms with Crippen molar-refractivity contribution in [3.8, 4) is 11.8 Å². The van der Waals surface area contributed by atoms with E-state index in [4.69, 9.17) is 0 Å². The molecule has 0 amide bonds. The van der Waals surface area contributed by atoms with Gasteiger partial charge in [-0.2, -0.15) is 0 Å². The second-order valence-corrected chi connectivity index (χ2v) is 3.25. The zero-order valence-electron chi connectivity index (χ0n) is 9.04. The molecule has 1 atom stereocenters. The van der Waals surface area contributed by atoms with Crippen molar-refractivity contribution in [3.05, 3.63) is 18.2 Å². The van der Waals surface area contributed by atoms with E-state index in [1.165, 1.54) is 0 Å². The third-order valence-electron chi connectivity index (χ3n) is 2.12. The molecule has 3 heteroatoms. The number of rotatable bonds is 4. The second-order valence-electron chi connectivity index (χ2n) is 3.25. The van der Waals surface area contributed by atoms with Crippen molar-refractivity contribution in [2.24, 2.45) is 7.05 Å². The van der Waals surface area contributed by atoms with Gasteiger partial charge in [0.05, 0.1) is 6.04 Å².